The first-order valence-electron chi connectivity index (χ1n) is 7.20. The normalized spacial score (nSPS) is 11.4. The van der Waals surface area contributed by atoms with E-state index in [1.54, 1.807) is 0 Å². The molecular formula is C16H9Cl2F2N3O3S. The Kier molecular flexibility index (Phi) is 5.18. The van der Waals surface area contributed by atoms with Gasteiger partial charge in [-0.15, -0.1) is 0 Å². The summed E-state index contributed by atoms with van der Waals surface area (Å²) in [5.41, 5.74) is -0.693. The molecule has 3 rings (SSSR count). The molecular weight excluding hydrogens is 423 g/mol. The number of sulfonamides is 1. The number of hydrogen-bond acceptors (Lipinski definition) is 4. The van der Waals surface area contributed by atoms with Gasteiger partial charge in [-0.1, -0.05) is 23.2 Å². The van der Waals surface area contributed by atoms with Gasteiger partial charge in [-0.05, 0) is 36.4 Å². The molecule has 0 amide bonds. The summed E-state index contributed by atoms with van der Waals surface area (Å²) in [5, 5.41) is 3.59. The molecule has 1 heterocycles. The van der Waals surface area contributed by atoms with Gasteiger partial charge in [-0.2, -0.15) is 9.78 Å². The van der Waals surface area contributed by atoms with Crippen LogP contribution in [0.15, 0.2) is 58.4 Å². The lowest BCUT2D eigenvalue weighted by atomic mass is 10.3. The van der Waals surface area contributed by atoms with Crippen molar-refractivity contribution in [2.24, 2.45) is 0 Å². The Balaban J connectivity index is 1.93. The van der Waals surface area contributed by atoms with Gasteiger partial charge in [-0.25, -0.2) is 17.2 Å². The van der Waals surface area contributed by atoms with E-state index in [1.807, 2.05) is 0 Å². The molecule has 0 aliphatic rings. The molecule has 0 bridgehead atoms. The van der Waals surface area contributed by atoms with Gasteiger partial charge in [0.2, 0.25) is 0 Å². The Bertz CT molecular complexity index is 1160. The molecule has 140 valence electrons. The van der Waals surface area contributed by atoms with Crippen molar-refractivity contribution < 1.29 is 17.2 Å². The quantitative estimate of drug-likeness (QED) is 0.683. The third kappa shape index (κ3) is 4.10. The fourth-order valence-corrected chi connectivity index (χ4v) is 3.48. The van der Waals surface area contributed by atoms with Crippen molar-refractivity contribution in [1.29, 1.82) is 0 Å². The lowest BCUT2D eigenvalue weighted by molar-refractivity contribution is 0.584. The number of hydrogen-bond donors (Lipinski definition) is 1. The third-order valence-corrected chi connectivity index (χ3v) is 5.53. The Morgan fingerprint density at radius 1 is 1.00 bits per heavy atom. The standard InChI is InChI=1S/C16H9Cl2F2N3O3S/c17-14-8-21-23(16(24)15(14)18)12-1-3-13(4-2-12)27(25,26)22-11-6-9(19)5-10(20)7-11/h1-8,22H. The highest BCUT2D eigenvalue weighted by molar-refractivity contribution is 7.92. The fraction of sp³-hybridized carbons (Fsp3) is 0. The van der Waals surface area contributed by atoms with Crippen LogP contribution in [0, 0.1) is 11.6 Å². The molecule has 0 fully saturated rings. The molecule has 6 nitrogen and oxygen atoms in total. The van der Waals surface area contributed by atoms with Crippen LogP contribution in [-0.2, 0) is 10.0 Å². The molecule has 27 heavy (non-hydrogen) atoms. The summed E-state index contributed by atoms with van der Waals surface area (Å²) < 4.78 is 54.2. The summed E-state index contributed by atoms with van der Waals surface area (Å²) in [6, 6.07) is 7.34. The van der Waals surface area contributed by atoms with Crippen molar-refractivity contribution in [1.82, 2.24) is 9.78 Å². The Morgan fingerprint density at radius 2 is 1.59 bits per heavy atom. The second-order valence-corrected chi connectivity index (χ2v) is 7.75. The molecule has 0 unspecified atom stereocenters. The first-order valence-corrected chi connectivity index (χ1v) is 9.44. The van der Waals surface area contributed by atoms with Crippen molar-refractivity contribution in [3.63, 3.8) is 0 Å². The molecule has 1 N–H and O–H groups in total. The summed E-state index contributed by atoms with van der Waals surface area (Å²) in [6.45, 7) is 0. The van der Waals surface area contributed by atoms with E-state index in [2.05, 4.69) is 9.82 Å². The topological polar surface area (TPSA) is 81.1 Å². The second-order valence-electron chi connectivity index (χ2n) is 5.28. The molecule has 3 aromatic rings. The first kappa shape index (κ1) is 19.3. The van der Waals surface area contributed by atoms with Gasteiger partial charge in [0.15, 0.2) is 0 Å². The van der Waals surface area contributed by atoms with Crippen molar-refractivity contribution in [2.75, 3.05) is 4.72 Å². The van der Waals surface area contributed by atoms with Crippen LogP contribution in [0.5, 0.6) is 0 Å². The van der Waals surface area contributed by atoms with E-state index in [1.165, 1.54) is 30.5 Å². The van der Waals surface area contributed by atoms with Crippen LogP contribution < -0.4 is 10.3 Å². The summed E-state index contributed by atoms with van der Waals surface area (Å²) in [5.74, 6) is -1.85. The van der Waals surface area contributed by atoms with E-state index >= 15 is 0 Å². The van der Waals surface area contributed by atoms with Gasteiger partial charge in [0.05, 0.1) is 27.5 Å². The van der Waals surface area contributed by atoms with Crippen LogP contribution in [0.1, 0.15) is 0 Å². The predicted molar refractivity (Wildman–Crippen MR) is 97.0 cm³/mol. The minimum absolute atomic E-state index is 0.0105. The smallest absolute Gasteiger partial charge is 0.279 e. The van der Waals surface area contributed by atoms with Crippen LogP contribution in [0.2, 0.25) is 10.0 Å². The highest BCUT2D eigenvalue weighted by Gasteiger charge is 2.16. The van der Waals surface area contributed by atoms with Gasteiger partial charge in [0, 0.05) is 6.07 Å². The van der Waals surface area contributed by atoms with Crippen molar-refractivity contribution >= 4 is 38.9 Å². The monoisotopic (exact) mass is 431 g/mol. The first-order chi connectivity index (χ1) is 12.7. The number of halogens is 4. The van der Waals surface area contributed by atoms with Crippen LogP contribution in [-0.4, -0.2) is 18.2 Å². The Morgan fingerprint density at radius 3 is 2.19 bits per heavy atom. The maximum atomic E-state index is 13.2. The Hall–Kier alpha value is -2.49. The van der Waals surface area contributed by atoms with Crippen molar-refractivity contribution in [3.8, 4) is 5.69 Å². The molecule has 2 aromatic carbocycles. The molecule has 0 spiro atoms. The maximum absolute atomic E-state index is 13.2. The SMILES string of the molecule is O=c1c(Cl)c(Cl)cnn1-c1ccc(S(=O)(=O)Nc2cc(F)cc(F)c2)cc1. The average molecular weight is 432 g/mol. The molecule has 0 aliphatic carbocycles. The van der Waals surface area contributed by atoms with E-state index < -0.39 is 27.2 Å². The Labute approximate surface area is 162 Å². The zero-order valence-corrected chi connectivity index (χ0v) is 15.5. The summed E-state index contributed by atoms with van der Waals surface area (Å²) in [6.07, 6.45) is 1.18. The number of anilines is 1. The van der Waals surface area contributed by atoms with Crippen LogP contribution >= 0.6 is 23.2 Å². The predicted octanol–water partition coefficient (Wildman–Crippen LogP) is 3.62. The van der Waals surface area contributed by atoms with Crippen molar-refractivity contribution in [2.45, 2.75) is 4.90 Å². The van der Waals surface area contributed by atoms with E-state index in [4.69, 9.17) is 23.2 Å². The largest absolute Gasteiger partial charge is 0.291 e. The summed E-state index contributed by atoms with van der Waals surface area (Å²) >= 11 is 11.5. The van der Waals surface area contributed by atoms with Crippen LogP contribution in [0.25, 0.3) is 5.69 Å². The van der Waals surface area contributed by atoms with Crippen LogP contribution in [0.4, 0.5) is 14.5 Å². The van der Waals surface area contributed by atoms with E-state index in [0.29, 0.717) is 6.07 Å². The minimum atomic E-state index is -4.11. The number of nitrogens with zero attached hydrogens (tertiary/aromatic N) is 2. The number of benzene rings is 2. The lowest BCUT2D eigenvalue weighted by Gasteiger charge is -2.10. The van der Waals surface area contributed by atoms with Gasteiger partial charge < -0.3 is 0 Å². The van der Waals surface area contributed by atoms with Gasteiger partial charge in [0.25, 0.3) is 15.6 Å². The summed E-state index contributed by atoms with van der Waals surface area (Å²) in [7, 11) is -4.11. The second kappa shape index (κ2) is 7.26. The molecule has 0 radical (unpaired) electrons. The van der Waals surface area contributed by atoms with Crippen molar-refractivity contribution in [3.05, 3.63) is 80.7 Å². The third-order valence-electron chi connectivity index (χ3n) is 3.38. The average Bonchev–Trinajstić information content (AvgIpc) is 2.59. The maximum Gasteiger partial charge on any atom is 0.291 e. The molecule has 0 saturated heterocycles. The highest BCUT2D eigenvalue weighted by atomic mass is 35.5. The van der Waals surface area contributed by atoms with E-state index in [-0.39, 0.29) is 26.3 Å². The van der Waals surface area contributed by atoms with Gasteiger partial charge in [0.1, 0.15) is 16.7 Å². The number of nitrogens with one attached hydrogen (secondary N) is 1. The highest BCUT2D eigenvalue weighted by Crippen LogP contribution is 2.20. The summed E-state index contributed by atoms with van der Waals surface area (Å²) in [4.78, 5) is 11.9. The van der Waals surface area contributed by atoms with Crippen LogP contribution in [0.3, 0.4) is 0 Å². The minimum Gasteiger partial charge on any atom is -0.279 e. The number of aromatic nitrogens is 2. The molecule has 0 saturated carbocycles. The van der Waals surface area contributed by atoms with Gasteiger partial charge >= 0.3 is 0 Å². The zero-order chi connectivity index (χ0) is 19.8. The van der Waals surface area contributed by atoms with Gasteiger partial charge in [-0.3, -0.25) is 9.52 Å². The molecule has 1 aromatic heterocycles. The van der Waals surface area contributed by atoms with E-state index in [0.717, 1.165) is 16.8 Å². The molecule has 0 atom stereocenters. The zero-order valence-electron chi connectivity index (χ0n) is 13.2. The van der Waals surface area contributed by atoms with E-state index in [9.17, 15) is 22.0 Å². The fourth-order valence-electron chi connectivity index (χ4n) is 2.19. The number of rotatable bonds is 4. The lowest BCUT2D eigenvalue weighted by Crippen LogP contribution is -2.21. The molecule has 0 aliphatic heterocycles. The molecule has 11 heteroatoms.